The summed E-state index contributed by atoms with van der Waals surface area (Å²) in [7, 11) is 5.24. The van der Waals surface area contributed by atoms with Crippen molar-refractivity contribution in [2.24, 2.45) is 40.5 Å². The van der Waals surface area contributed by atoms with Crippen molar-refractivity contribution >= 4 is 93.0 Å². The summed E-state index contributed by atoms with van der Waals surface area (Å²) >= 11 is 0. The summed E-state index contributed by atoms with van der Waals surface area (Å²) in [6.45, 7) is 27.2. The summed E-state index contributed by atoms with van der Waals surface area (Å²) in [4.78, 5) is 151. The van der Waals surface area contributed by atoms with Gasteiger partial charge in [-0.25, -0.2) is 44.2 Å². The molecule has 2 aromatic carbocycles. The zero-order valence-corrected chi connectivity index (χ0v) is 86.9. The first kappa shape index (κ1) is 111. The van der Waals surface area contributed by atoms with E-state index in [9.17, 15) is 54.0 Å². The number of fused-ring (bicyclic) bond motifs is 3. The van der Waals surface area contributed by atoms with E-state index in [2.05, 4.69) is 89.5 Å². The van der Waals surface area contributed by atoms with Crippen LogP contribution >= 0.6 is 0 Å². The maximum Gasteiger partial charge on any atom is 0.407 e. The van der Waals surface area contributed by atoms with Crippen molar-refractivity contribution in [2.45, 2.75) is 238 Å². The lowest BCUT2D eigenvalue weighted by Crippen LogP contribution is -2.61. The number of ether oxygens (including phenoxy) is 6. The van der Waals surface area contributed by atoms with Crippen LogP contribution in [0.15, 0.2) is 113 Å². The third kappa shape index (κ3) is 29.3. The van der Waals surface area contributed by atoms with Gasteiger partial charge in [0.05, 0.1) is 67.3 Å². The fraction of sp³-hybridized carbons (Fsp3) is 0.619. The first-order valence-electron chi connectivity index (χ1n) is 52.1. The minimum Gasteiger partial charge on any atom is -0.459 e. The van der Waals surface area contributed by atoms with Crippen molar-refractivity contribution in [1.29, 1.82) is 0 Å². The summed E-state index contributed by atoms with van der Waals surface area (Å²) in [6, 6.07) is 9.70. The maximum absolute atomic E-state index is 14.9. The second-order valence-electron chi connectivity index (χ2n) is 40.9. The van der Waals surface area contributed by atoms with Crippen LogP contribution in [0.25, 0.3) is 33.4 Å². The van der Waals surface area contributed by atoms with Gasteiger partial charge in [0.2, 0.25) is 23.6 Å². The number of methoxy groups -OCH3 is 2. The van der Waals surface area contributed by atoms with Gasteiger partial charge in [-0.05, 0) is 169 Å². The van der Waals surface area contributed by atoms with Gasteiger partial charge >= 0.3 is 12.1 Å². The molecule has 0 unspecified atom stereocenters. The predicted molar refractivity (Wildman–Crippen MR) is 551 cm³/mol. The number of amides is 5. The van der Waals surface area contributed by atoms with Gasteiger partial charge in [0, 0.05) is 205 Å². The lowest BCUT2D eigenvalue weighted by atomic mass is 9.80. The molecule has 1 aliphatic carbocycles. The molecule has 7 aromatic rings. The van der Waals surface area contributed by atoms with Crippen molar-refractivity contribution < 1.29 is 91.7 Å². The fourth-order valence-corrected chi connectivity index (χ4v) is 20.8. The molecule has 147 heavy (non-hydrogen) atoms. The van der Waals surface area contributed by atoms with E-state index in [4.69, 9.17) is 60.0 Å². The Labute approximate surface area is 859 Å². The van der Waals surface area contributed by atoms with Crippen molar-refractivity contribution in [3.8, 4) is 11.3 Å². The van der Waals surface area contributed by atoms with Gasteiger partial charge in [-0.3, -0.25) is 28.9 Å². The smallest absolute Gasteiger partial charge is 0.407 e. The number of nitrogen functional groups attached to an aromatic ring is 2. The number of aliphatic hydroxyl groups excluding tert-OH is 3. The second-order valence-corrected chi connectivity index (χ2v) is 40.9. The number of alkyl carbamates (subject to hydrolysis) is 1. The lowest BCUT2D eigenvalue weighted by Gasteiger charge is -2.42. The number of aromatic nitrogens is 9. The van der Waals surface area contributed by atoms with Crippen LogP contribution in [-0.4, -0.2) is 361 Å². The highest BCUT2D eigenvalue weighted by molar-refractivity contribution is 6.39. The summed E-state index contributed by atoms with van der Waals surface area (Å²) in [6.07, 6.45) is 12.9. The van der Waals surface area contributed by atoms with Crippen molar-refractivity contribution in [2.75, 3.05) is 174 Å². The van der Waals surface area contributed by atoms with Gasteiger partial charge in [0.15, 0.2) is 17.8 Å². The summed E-state index contributed by atoms with van der Waals surface area (Å²) in [5.41, 5.74) is 28.1. The van der Waals surface area contributed by atoms with Gasteiger partial charge in [-0.15, -0.1) is 0 Å². The number of piperidine rings is 1. The highest BCUT2D eigenvalue weighted by Crippen LogP contribution is 2.40. The van der Waals surface area contributed by atoms with E-state index in [1.165, 1.54) is 6.33 Å². The molecule has 6 aliphatic heterocycles. The lowest BCUT2D eigenvalue weighted by molar-refractivity contribution is -0.265. The number of hydrogen-bond donors (Lipinski definition) is 9. The molecule has 14 rings (SSSR count). The molecule has 0 bridgehead atoms. The zero-order chi connectivity index (χ0) is 105. The number of anilines is 4. The van der Waals surface area contributed by atoms with Gasteiger partial charge in [-0.1, -0.05) is 82.3 Å². The molecule has 1 saturated carbocycles. The normalized spacial score (nSPS) is 22.5. The number of benzene rings is 2. The van der Waals surface area contributed by atoms with E-state index >= 15 is 0 Å². The summed E-state index contributed by atoms with van der Waals surface area (Å²) in [5, 5.41) is 64.0. The molecular weight excluding hydrogens is 1890 g/mol. The van der Waals surface area contributed by atoms with E-state index in [1.807, 2.05) is 90.4 Å². The molecular formula is C105H151N23O19. The first-order valence-corrected chi connectivity index (χ1v) is 52.1. The van der Waals surface area contributed by atoms with Crippen LogP contribution < -0.4 is 37.6 Å². The molecule has 15 atom stereocenters. The Bertz CT molecular complexity index is 5700. The number of likely N-dealkylation sites (tertiary alicyclic amines) is 1. The number of nitrogens with zero attached hydrogens (tertiary/aromatic N) is 18. The van der Waals surface area contributed by atoms with Crippen LogP contribution in [0.5, 0.6) is 0 Å². The number of oxime groups is 1. The molecule has 7 aliphatic rings. The van der Waals surface area contributed by atoms with Gasteiger partial charge < -0.3 is 120 Å². The van der Waals surface area contributed by atoms with Crippen LogP contribution in [0.1, 0.15) is 178 Å². The standard InChI is InChI=1S/C105H151N23O19/c1-12-13-17-66(4)85(140-10)54-78-24-19-70(8)105(139,147-78)95(134)99(136)127-31-15-14-18-81(127)100(137)144-86(79(106)51-71-21-25-84(87(52-71)141-11)146-104(138)109-29-16-30-121-35-33-120(9)34-36-121)55-82(129)67(5)49-69(7)93(132)94(133)91(68(6)48-65(2)3)119-143-63-88(130)110-56-73-57-111-102(112-58-73)125-43-41-123(42-44-125)89(131)28-46-142-47-45-122-37-39-124(40-38-122)103-113-59-77(60-114-103)98(135)126-32-27-74-50-72(20-22-76(74)62-126)61-128-97-90(96(107)115-64-116-97)92(118-128)75-23-26-83-80(53-75)117-101(108)145-83/h12-13,17,20,22-23,26,49-50,53,57-60,64-65,67-68,70-71,78-79,81-82,84-87,93-94,129,132-133,139H,14-16,18-19,21,24-25,27-48,51-52,54-56,61-63,106H2,1-11H3,(H2,108,117)(H,109,138)(H,110,130)(H2,107,115,116)/b13-12+,66-17+,69-49+,119-91+/t67-,68-,70-,71+,78+,79-,81+,82-,84-,85+,86+,87-,93-,94+,105-/m1/s1. The molecule has 42 nitrogen and oxygen atoms in total. The molecule has 42 heteroatoms. The van der Waals surface area contributed by atoms with Crippen molar-refractivity contribution in [1.82, 2.24) is 84.7 Å². The number of allylic oxidation sites excluding steroid dienone is 3. The minimum absolute atomic E-state index is 0.00121. The Kier molecular flexibility index (Phi) is 39.6. The monoisotopic (exact) mass is 2040 g/mol. The fourth-order valence-electron chi connectivity index (χ4n) is 20.8. The number of carbonyl (C=O) groups excluding carboxylic acids is 7. The number of hydrogen-bond acceptors (Lipinski definition) is 36. The average Bonchev–Trinajstić information content (AvgIpc) is 1.55. The molecule has 0 radical (unpaired) electrons. The number of esters is 1. The van der Waals surface area contributed by atoms with Gasteiger partial charge in [-0.2, -0.15) is 10.1 Å². The number of oxazole rings is 1. The van der Waals surface area contributed by atoms with Gasteiger partial charge in [0.25, 0.3) is 29.5 Å². The molecule has 5 aromatic heterocycles. The van der Waals surface area contributed by atoms with Gasteiger partial charge in [0.1, 0.15) is 53.8 Å². The minimum atomic E-state index is -2.50. The molecule has 5 saturated heterocycles. The Hall–Kier alpha value is -11.7. The quantitative estimate of drug-likeness (QED) is 0.00361. The highest BCUT2D eigenvalue weighted by Gasteiger charge is 2.54. The average molecular weight is 2040 g/mol. The van der Waals surface area contributed by atoms with E-state index in [0.717, 1.165) is 85.0 Å². The molecule has 5 amide bonds. The van der Waals surface area contributed by atoms with Crippen LogP contribution in [0.4, 0.5) is 28.5 Å². The van der Waals surface area contributed by atoms with E-state index < -0.39 is 121 Å². The van der Waals surface area contributed by atoms with E-state index in [0.29, 0.717) is 206 Å². The molecule has 11 heterocycles. The SMILES string of the molecule is C/C=C/C=C(\C)[C@H](C[C@@H]1CC[C@@H](C)[C@](O)(C(=O)C(=O)N2CCCC[C@H]2C(=O)O[C@@H](C[C@@H](O)[C@H](C)/C=C(\C)[C@@H](O)[C@@H](O)/C(=N/OCC(=O)NCc2cnc(N3CCN(C(=O)CCOCCN4CCN(c5ncc(C(=O)N6CCc7cc(Cn8nc(-c9ccc%10oc(N)nc%10c9)c9c(N)ncnc98)ccc7C6)cn5)CC4)CC3)nc2)[C@H](C)CC(C)C)[C@H](N)C[C@@H]2CC[C@@H](OC(=O)NCCCN3CCN(C)CC3)[C@H](OC)C2)O1)OC. The Morgan fingerprint density at radius 3 is 2.18 bits per heavy atom. The Morgan fingerprint density at radius 2 is 1.46 bits per heavy atom. The Balaban J connectivity index is 0.503. The van der Waals surface area contributed by atoms with E-state index in [-0.39, 0.29) is 79.7 Å². The molecule has 0 spiro atoms. The third-order valence-electron chi connectivity index (χ3n) is 29.7. The summed E-state index contributed by atoms with van der Waals surface area (Å²) < 4.78 is 43.6. The number of nitrogens with two attached hydrogens (primary N) is 3. The molecule has 12 N–H and O–H groups in total. The maximum atomic E-state index is 14.9. The number of rotatable bonds is 45. The number of ketones is 1. The number of aliphatic hydroxyl groups is 4. The van der Waals surface area contributed by atoms with Crippen LogP contribution in [-0.2, 0) is 83.3 Å². The number of nitrogens with one attached hydrogen (secondary N) is 2. The second kappa shape index (κ2) is 52.5. The Morgan fingerprint density at radius 1 is 0.735 bits per heavy atom. The number of carbonyl (C=O) groups is 7. The first-order chi connectivity index (χ1) is 70.7. The molecule has 800 valence electrons. The molecule has 6 fully saturated rings. The van der Waals surface area contributed by atoms with Crippen LogP contribution in [0, 0.1) is 29.6 Å². The van der Waals surface area contributed by atoms with Crippen LogP contribution in [0.3, 0.4) is 0 Å². The number of piperazine rings is 3. The largest absolute Gasteiger partial charge is 0.459 e. The van der Waals surface area contributed by atoms with E-state index in [1.54, 1.807) is 71.9 Å². The summed E-state index contributed by atoms with van der Waals surface area (Å²) in [5.74, 6) is -6.92. The third-order valence-corrected chi connectivity index (χ3v) is 29.7. The predicted octanol–water partition coefficient (Wildman–Crippen LogP) is 6.79. The van der Waals surface area contributed by atoms with Crippen LogP contribution in [0.2, 0.25) is 0 Å². The van der Waals surface area contributed by atoms with Crippen molar-refractivity contribution in [3.63, 3.8) is 0 Å². The highest BCUT2D eigenvalue weighted by atomic mass is 16.6. The van der Waals surface area contributed by atoms with Crippen molar-refractivity contribution in [3.05, 3.63) is 131 Å². The number of Topliss-reactive ketones (excluding diaryl/α,β-unsaturated/α-hetero) is 1. The topological polar surface area (TPSA) is 527 Å². The zero-order valence-electron chi connectivity index (χ0n) is 86.9. The number of likely N-dealkylation sites (N-methyl/N-ethyl adjacent to an activating group) is 1.